The second kappa shape index (κ2) is 6.62. The lowest BCUT2D eigenvalue weighted by molar-refractivity contribution is -0.0522. The normalized spacial score (nSPS) is 10.7. The molecule has 2 aromatic rings. The Bertz CT molecular complexity index is 638. The molecule has 3 nitrogen and oxygen atoms in total. The lowest BCUT2D eigenvalue weighted by Crippen LogP contribution is -2.05. The van der Waals surface area contributed by atoms with Crippen LogP contribution in [0.3, 0.4) is 0 Å². The van der Waals surface area contributed by atoms with Crippen molar-refractivity contribution in [1.29, 1.82) is 0 Å². The van der Waals surface area contributed by atoms with Crippen LogP contribution in [-0.2, 0) is 0 Å². The van der Waals surface area contributed by atoms with Crippen LogP contribution in [0.2, 0.25) is 0 Å². The Kier molecular flexibility index (Phi) is 4.85. The monoisotopic (exact) mass is 315 g/mol. The summed E-state index contributed by atoms with van der Waals surface area (Å²) in [5.74, 6) is -1.05. The molecule has 0 fully saturated rings. The Morgan fingerprint density at radius 2 is 1.81 bits per heavy atom. The summed E-state index contributed by atoms with van der Waals surface area (Å²) < 4.78 is 47.6. The van der Waals surface area contributed by atoms with Gasteiger partial charge >= 0.3 is 6.61 Å². The number of ether oxygens (including phenoxy) is 2. The van der Waals surface area contributed by atoms with Crippen molar-refractivity contribution in [2.75, 3.05) is 12.0 Å². The summed E-state index contributed by atoms with van der Waals surface area (Å²) in [5.41, 5.74) is 5.64. The summed E-state index contributed by atoms with van der Waals surface area (Å²) >= 11 is 1.45. The third-order valence-corrected chi connectivity index (χ3v) is 3.35. The van der Waals surface area contributed by atoms with Gasteiger partial charge in [-0.1, -0.05) is 12.1 Å². The van der Waals surface area contributed by atoms with Crippen LogP contribution >= 0.6 is 11.8 Å². The number of alkyl halides is 2. The Labute approximate surface area is 123 Å². The van der Waals surface area contributed by atoms with Gasteiger partial charge in [-0.15, -0.1) is 11.8 Å². The molecule has 0 atom stereocenters. The first-order valence-corrected chi connectivity index (χ1v) is 7.08. The standard InChI is InChI=1S/C14H12F3NO2S/c1-21-13-5-3-2-4-10(13)19-12-7-11(20-14(16)17)8(15)6-9(12)18/h2-7,14H,18H2,1H3. The fraction of sp³-hybridized carbons (Fsp3) is 0.143. The van der Waals surface area contributed by atoms with Gasteiger partial charge in [-0.25, -0.2) is 4.39 Å². The van der Waals surface area contributed by atoms with Crippen LogP contribution in [-0.4, -0.2) is 12.9 Å². The third kappa shape index (κ3) is 3.75. The smallest absolute Gasteiger partial charge is 0.387 e. The number of para-hydroxylation sites is 1. The fourth-order valence-corrected chi connectivity index (χ4v) is 2.17. The van der Waals surface area contributed by atoms with Crippen molar-refractivity contribution in [3.63, 3.8) is 0 Å². The molecule has 21 heavy (non-hydrogen) atoms. The number of thioether (sulfide) groups is 1. The van der Waals surface area contributed by atoms with Crippen molar-refractivity contribution in [3.8, 4) is 17.2 Å². The van der Waals surface area contributed by atoms with Crippen LogP contribution in [0.1, 0.15) is 0 Å². The van der Waals surface area contributed by atoms with Gasteiger partial charge < -0.3 is 15.2 Å². The van der Waals surface area contributed by atoms with E-state index in [1.54, 1.807) is 12.1 Å². The van der Waals surface area contributed by atoms with E-state index in [2.05, 4.69) is 4.74 Å². The lowest BCUT2D eigenvalue weighted by atomic mass is 10.2. The van der Waals surface area contributed by atoms with Gasteiger partial charge in [0.25, 0.3) is 0 Å². The molecule has 0 heterocycles. The second-order valence-corrected chi connectivity index (χ2v) is 4.80. The maximum atomic E-state index is 13.5. The molecule has 0 spiro atoms. The molecule has 0 aliphatic heterocycles. The predicted molar refractivity (Wildman–Crippen MR) is 75.7 cm³/mol. The highest BCUT2D eigenvalue weighted by molar-refractivity contribution is 7.98. The van der Waals surface area contributed by atoms with Crippen molar-refractivity contribution in [1.82, 2.24) is 0 Å². The first-order chi connectivity index (χ1) is 10.0. The molecule has 0 radical (unpaired) electrons. The van der Waals surface area contributed by atoms with Crippen LogP contribution in [0.25, 0.3) is 0 Å². The molecule has 0 saturated carbocycles. The molecular weight excluding hydrogens is 303 g/mol. The Balaban J connectivity index is 2.35. The van der Waals surface area contributed by atoms with E-state index < -0.39 is 18.2 Å². The number of benzene rings is 2. The Morgan fingerprint density at radius 1 is 1.10 bits per heavy atom. The average Bonchev–Trinajstić information content (AvgIpc) is 2.44. The SMILES string of the molecule is CSc1ccccc1Oc1cc(OC(F)F)c(F)cc1N. The highest BCUT2D eigenvalue weighted by atomic mass is 32.2. The molecule has 0 aliphatic rings. The molecule has 2 rings (SSSR count). The zero-order valence-electron chi connectivity index (χ0n) is 11.0. The van der Waals surface area contributed by atoms with Crippen molar-refractivity contribution >= 4 is 17.4 Å². The lowest BCUT2D eigenvalue weighted by Gasteiger charge is -2.13. The molecule has 7 heteroatoms. The van der Waals surface area contributed by atoms with Gasteiger partial charge in [0.05, 0.1) is 5.69 Å². The van der Waals surface area contributed by atoms with Gasteiger partial charge in [-0.2, -0.15) is 8.78 Å². The van der Waals surface area contributed by atoms with E-state index >= 15 is 0 Å². The van der Waals surface area contributed by atoms with Crippen LogP contribution in [0, 0.1) is 5.82 Å². The largest absolute Gasteiger partial charge is 0.454 e. The molecule has 0 unspecified atom stereocenters. The van der Waals surface area contributed by atoms with Gasteiger partial charge in [0.15, 0.2) is 17.3 Å². The number of nitrogens with two attached hydrogens (primary N) is 1. The minimum absolute atomic E-state index is 0.00924. The second-order valence-electron chi connectivity index (χ2n) is 3.95. The maximum Gasteiger partial charge on any atom is 0.387 e. The highest BCUT2D eigenvalue weighted by Gasteiger charge is 2.15. The van der Waals surface area contributed by atoms with E-state index in [4.69, 9.17) is 10.5 Å². The maximum absolute atomic E-state index is 13.5. The first-order valence-electron chi connectivity index (χ1n) is 5.86. The fourth-order valence-electron chi connectivity index (χ4n) is 1.65. The van der Waals surface area contributed by atoms with Crippen LogP contribution in [0.5, 0.6) is 17.2 Å². The average molecular weight is 315 g/mol. The summed E-state index contributed by atoms with van der Waals surface area (Å²) in [5, 5.41) is 0. The summed E-state index contributed by atoms with van der Waals surface area (Å²) in [4.78, 5) is 0.831. The molecular formula is C14H12F3NO2S. The van der Waals surface area contributed by atoms with Gasteiger partial charge in [0.2, 0.25) is 0 Å². The number of anilines is 1. The summed E-state index contributed by atoms with van der Waals surface area (Å²) in [6.07, 6.45) is 1.86. The number of nitrogen functional groups attached to an aromatic ring is 1. The molecule has 112 valence electrons. The highest BCUT2D eigenvalue weighted by Crippen LogP contribution is 2.37. The molecule has 0 bridgehead atoms. The number of hydrogen-bond acceptors (Lipinski definition) is 4. The Hall–Kier alpha value is -2.02. The molecule has 2 N–H and O–H groups in total. The Morgan fingerprint density at radius 3 is 2.48 bits per heavy atom. The van der Waals surface area contributed by atoms with Gasteiger partial charge in [0.1, 0.15) is 5.75 Å². The van der Waals surface area contributed by atoms with Gasteiger partial charge in [-0.3, -0.25) is 0 Å². The predicted octanol–water partition coefficient (Wildman–Crippen LogP) is 4.52. The van der Waals surface area contributed by atoms with E-state index in [0.29, 0.717) is 5.75 Å². The number of hydrogen-bond donors (Lipinski definition) is 1. The van der Waals surface area contributed by atoms with E-state index in [9.17, 15) is 13.2 Å². The molecule has 2 aromatic carbocycles. The van der Waals surface area contributed by atoms with Gasteiger partial charge in [-0.05, 0) is 18.4 Å². The summed E-state index contributed by atoms with van der Waals surface area (Å²) in [6.45, 7) is -3.13. The van der Waals surface area contributed by atoms with E-state index in [1.807, 2.05) is 18.4 Å². The summed E-state index contributed by atoms with van der Waals surface area (Å²) in [6, 6.07) is 9.00. The van der Waals surface area contributed by atoms with Crippen molar-refractivity contribution in [2.24, 2.45) is 0 Å². The zero-order valence-corrected chi connectivity index (χ0v) is 11.8. The first kappa shape index (κ1) is 15.4. The molecule has 0 saturated heterocycles. The van der Waals surface area contributed by atoms with Gasteiger partial charge in [0, 0.05) is 17.0 Å². The van der Waals surface area contributed by atoms with E-state index in [0.717, 1.165) is 17.0 Å². The van der Waals surface area contributed by atoms with Crippen LogP contribution in [0.4, 0.5) is 18.9 Å². The zero-order chi connectivity index (χ0) is 15.4. The number of halogens is 3. The van der Waals surface area contributed by atoms with Crippen LogP contribution in [0.15, 0.2) is 41.3 Å². The van der Waals surface area contributed by atoms with E-state index in [1.165, 1.54) is 11.8 Å². The quantitative estimate of drug-likeness (QED) is 0.650. The van der Waals surface area contributed by atoms with Crippen molar-refractivity contribution in [3.05, 3.63) is 42.2 Å². The third-order valence-electron chi connectivity index (χ3n) is 2.57. The molecule has 0 aromatic heterocycles. The van der Waals surface area contributed by atoms with Crippen molar-refractivity contribution in [2.45, 2.75) is 11.5 Å². The topological polar surface area (TPSA) is 44.5 Å². The minimum Gasteiger partial charge on any atom is -0.454 e. The minimum atomic E-state index is -3.13. The number of rotatable bonds is 5. The molecule has 0 aliphatic carbocycles. The van der Waals surface area contributed by atoms with Crippen LogP contribution < -0.4 is 15.2 Å². The molecule has 0 amide bonds. The van der Waals surface area contributed by atoms with Crippen molar-refractivity contribution < 1.29 is 22.6 Å². The van der Waals surface area contributed by atoms with E-state index in [-0.39, 0.29) is 11.4 Å². The summed E-state index contributed by atoms with van der Waals surface area (Å²) in [7, 11) is 0.